The number of carbonyl (C=O) groups is 2. The monoisotopic (exact) mass is 573 g/mol. The van der Waals surface area contributed by atoms with E-state index in [4.69, 9.17) is 4.99 Å². The predicted octanol–water partition coefficient (Wildman–Crippen LogP) is 3.51. The molecule has 2 bridgehead atoms. The van der Waals surface area contributed by atoms with E-state index in [2.05, 4.69) is 43.2 Å². The highest BCUT2D eigenvalue weighted by Gasteiger charge is 2.56. The molecule has 7 rings (SSSR count). The minimum atomic E-state index is -1.21. The summed E-state index contributed by atoms with van der Waals surface area (Å²) in [6.07, 6.45) is 1.16. The van der Waals surface area contributed by atoms with Crippen LogP contribution in [0.5, 0.6) is 0 Å². The number of rotatable bonds is 6. The van der Waals surface area contributed by atoms with Crippen molar-refractivity contribution in [2.75, 3.05) is 31.6 Å². The van der Waals surface area contributed by atoms with Crippen LogP contribution < -0.4 is 10.6 Å². The highest BCUT2D eigenvalue weighted by atomic mass is 16.3. The normalized spacial score (nSPS) is 30.0. The van der Waals surface area contributed by atoms with E-state index >= 15 is 0 Å². The number of piperazine rings is 1. The maximum atomic E-state index is 13.6. The zero-order chi connectivity index (χ0) is 29.8. The van der Waals surface area contributed by atoms with Crippen LogP contribution in [0.1, 0.15) is 72.9 Å². The Bertz CT molecular complexity index is 1380. The second kappa shape index (κ2) is 11.1. The van der Waals surface area contributed by atoms with Gasteiger partial charge in [-0.05, 0) is 66.7 Å². The summed E-state index contributed by atoms with van der Waals surface area (Å²) in [6, 6.07) is 13.4. The molecule has 4 N–H and O–H groups in total. The lowest BCUT2D eigenvalue weighted by atomic mass is 9.45. The minimum absolute atomic E-state index is 0.229. The van der Waals surface area contributed by atoms with Crippen molar-refractivity contribution in [2.45, 2.75) is 64.8 Å². The molecule has 9 heteroatoms. The second-order valence-corrected chi connectivity index (χ2v) is 13.2. The van der Waals surface area contributed by atoms with Crippen LogP contribution in [0, 0.1) is 23.2 Å². The van der Waals surface area contributed by atoms with Gasteiger partial charge in [-0.3, -0.25) is 14.5 Å². The van der Waals surface area contributed by atoms with Crippen molar-refractivity contribution >= 4 is 23.5 Å². The van der Waals surface area contributed by atoms with Crippen molar-refractivity contribution in [2.24, 2.45) is 28.2 Å². The number of aliphatic imine (C=N–C) groups is 1. The molecule has 0 radical (unpaired) electrons. The number of nitrogens with zero attached hydrogens (tertiary/aromatic N) is 3. The third-order valence-corrected chi connectivity index (χ3v) is 10.5. The predicted molar refractivity (Wildman–Crippen MR) is 162 cm³/mol. The third-order valence-electron chi connectivity index (χ3n) is 10.5. The van der Waals surface area contributed by atoms with Gasteiger partial charge in [0.1, 0.15) is 6.10 Å². The molecule has 2 aromatic carbocycles. The lowest BCUT2D eigenvalue weighted by Gasteiger charge is -2.61. The van der Waals surface area contributed by atoms with Crippen LogP contribution in [0.15, 0.2) is 53.5 Å². The topological polar surface area (TPSA) is 118 Å². The summed E-state index contributed by atoms with van der Waals surface area (Å²) in [4.78, 5) is 35.6. The van der Waals surface area contributed by atoms with Crippen LogP contribution in [-0.2, 0) is 0 Å². The Morgan fingerprint density at radius 2 is 1.83 bits per heavy atom. The molecule has 2 aromatic rings. The molecule has 4 fully saturated rings. The van der Waals surface area contributed by atoms with Crippen molar-refractivity contribution in [3.8, 4) is 0 Å². The summed E-state index contributed by atoms with van der Waals surface area (Å²) in [6.45, 7) is 11.2. The lowest BCUT2D eigenvalue weighted by molar-refractivity contribution is -0.108. The van der Waals surface area contributed by atoms with Gasteiger partial charge in [0.05, 0.1) is 29.8 Å². The van der Waals surface area contributed by atoms with Crippen molar-refractivity contribution in [3.05, 3.63) is 65.2 Å². The zero-order valence-corrected chi connectivity index (χ0v) is 25.0. The fraction of sp³-hybridized carbons (Fsp3) is 0.545. The summed E-state index contributed by atoms with van der Waals surface area (Å²) in [5, 5.41) is 28.2. The minimum Gasteiger partial charge on any atom is -0.394 e. The molecule has 9 nitrogen and oxygen atoms in total. The first-order valence-corrected chi connectivity index (χ1v) is 15.3. The van der Waals surface area contributed by atoms with Gasteiger partial charge < -0.3 is 25.7 Å². The van der Waals surface area contributed by atoms with Gasteiger partial charge in [-0.25, -0.2) is 4.99 Å². The molecule has 0 unspecified atom stereocenters. The number of aliphatic hydroxyl groups excluding tert-OH is 2. The summed E-state index contributed by atoms with van der Waals surface area (Å²) >= 11 is 0. The Kier molecular flexibility index (Phi) is 7.62. The Hall–Kier alpha value is -3.27. The van der Waals surface area contributed by atoms with Crippen molar-refractivity contribution in [3.63, 3.8) is 0 Å². The van der Waals surface area contributed by atoms with Gasteiger partial charge in [0.25, 0.3) is 11.8 Å². The Morgan fingerprint density at radius 1 is 1.10 bits per heavy atom. The van der Waals surface area contributed by atoms with E-state index in [0.29, 0.717) is 40.5 Å². The number of hydrogen-bond acceptors (Lipinski definition) is 6. The number of fused-ring (bicyclic) bond motifs is 3. The molecule has 3 saturated carbocycles. The maximum absolute atomic E-state index is 13.6. The largest absolute Gasteiger partial charge is 0.394 e. The van der Waals surface area contributed by atoms with Crippen LogP contribution >= 0.6 is 0 Å². The molecule has 1 saturated heterocycles. The SMILES string of the molecule is C[C@@H]1[C@@H](/N=C(/Nc2ccc3c(c2)C(=O)N([C@H](CO)[C@H](O)c2ccccc2)C3=O)N2CCN[C@@H](C)C2)C[C@H]2C[C@@H]1C2(C)C. The second-order valence-electron chi connectivity index (χ2n) is 13.2. The van der Waals surface area contributed by atoms with Gasteiger partial charge in [0, 0.05) is 31.4 Å². The van der Waals surface area contributed by atoms with Crippen LogP contribution in [0.4, 0.5) is 5.69 Å². The van der Waals surface area contributed by atoms with Gasteiger partial charge in [-0.15, -0.1) is 0 Å². The van der Waals surface area contributed by atoms with Gasteiger partial charge in [0.15, 0.2) is 5.96 Å². The molecule has 42 heavy (non-hydrogen) atoms. The van der Waals surface area contributed by atoms with Crippen LogP contribution in [0.25, 0.3) is 0 Å². The zero-order valence-electron chi connectivity index (χ0n) is 25.0. The van der Waals surface area contributed by atoms with Gasteiger partial charge in [-0.2, -0.15) is 0 Å². The van der Waals surface area contributed by atoms with E-state index in [9.17, 15) is 19.8 Å². The van der Waals surface area contributed by atoms with E-state index in [-0.39, 0.29) is 17.2 Å². The van der Waals surface area contributed by atoms with Crippen molar-refractivity contribution < 1.29 is 19.8 Å². The first-order valence-electron chi connectivity index (χ1n) is 15.3. The fourth-order valence-electron chi connectivity index (χ4n) is 7.73. The van der Waals surface area contributed by atoms with E-state index in [1.165, 1.54) is 6.42 Å². The number of hydrogen-bond donors (Lipinski definition) is 4. The first-order chi connectivity index (χ1) is 20.1. The highest BCUT2D eigenvalue weighted by molar-refractivity contribution is 6.22. The lowest BCUT2D eigenvalue weighted by Crippen LogP contribution is -2.57. The molecule has 2 amide bonds. The average Bonchev–Trinajstić information content (AvgIpc) is 3.23. The van der Waals surface area contributed by atoms with Crippen LogP contribution in [0.3, 0.4) is 0 Å². The van der Waals surface area contributed by atoms with Gasteiger partial charge >= 0.3 is 0 Å². The standard InChI is InChI=1S/C33H43N5O4/c1-19-17-37(13-12-34-19)32(36-27-15-22-14-26(20(27)2)33(22,3)4)35-23-10-11-24-25(16-23)31(42)38(30(24)41)28(18-39)29(40)21-8-6-5-7-9-21/h5-11,16,19-20,22,26-29,34,39-40H,12-15,17-18H2,1-4H3,(H,35,36)/t19-,20-,22+,26-,27-,28+,29+/m0/s1. The molecule has 0 spiro atoms. The van der Waals surface area contributed by atoms with Crippen LogP contribution in [0.2, 0.25) is 0 Å². The number of nitrogens with one attached hydrogen (secondary N) is 2. The van der Waals surface area contributed by atoms with Gasteiger partial charge in [0.2, 0.25) is 0 Å². The molecule has 5 aliphatic rings. The van der Waals surface area contributed by atoms with E-state index in [1.54, 1.807) is 42.5 Å². The van der Waals surface area contributed by atoms with Crippen LogP contribution in [-0.4, -0.2) is 82.2 Å². The quantitative estimate of drug-likeness (QED) is 0.237. The van der Waals surface area contributed by atoms with E-state index in [1.807, 2.05) is 6.07 Å². The molecular weight excluding hydrogens is 530 g/mol. The smallest absolute Gasteiger partial charge is 0.262 e. The first kappa shape index (κ1) is 28.8. The Morgan fingerprint density at radius 3 is 2.50 bits per heavy atom. The number of benzene rings is 2. The molecule has 2 heterocycles. The Balaban J connectivity index is 1.27. The molecular formula is C33H43N5O4. The van der Waals surface area contributed by atoms with Crippen molar-refractivity contribution in [1.29, 1.82) is 0 Å². The third kappa shape index (κ3) is 4.91. The summed E-state index contributed by atoms with van der Waals surface area (Å²) in [5.74, 6) is 1.62. The number of imide groups is 1. The number of carbonyl (C=O) groups excluding carboxylic acids is 2. The average molecular weight is 574 g/mol. The summed E-state index contributed by atoms with van der Waals surface area (Å²) in [7, 11) is 0. The molecule has 3 aliphatic carbocycles. The summed E-state index contributed by atoms with van der Waals surface area (Å²) < 4.78 is 0. The van der Waals surface area contributed by atoms with E-state index < -0.39 is 30.6 Å². The van der Waals surface area contributed by atoms with Crippen molar-refractivity contribution in [1.82, 2.24) is 15.1 Å². The number of aliphatic hydroxyl groups is 2. The summed E-state index contributed by atoms with van der Waals surface area (Å²) in [5.41, 5.74) is 2.11. The molecule has 2 aliphatic heterocycles. The molecule has 224 valence electrons. The fourth-order valence-corrected chi connectivity index (χ4v) is 7.73. The highest BCUT2D eigenvalue weighted by Crippen LogP contribution is 2.61. The number of guanidine groups is 1. The molecule has 7 atom stereocenters. The van der Waals surface area contributed by atoms with Gasteiger partial charge in [-0.1, -0.05) is 51.1 Å². The number of anilines is 1. The maximum Gasteiger partial charge on any atom is 0.262 e. The molecule has 0 aromatic heterocycles. The Labute approximate surface area is 248 Å². The number of amides is 2. The van der Waals surface area contributed by atoms with E-state index in [0.717, 1.165) is 36.9 Å².